The zero-order valence-electron chi connectivity index (χ0n) is 11.4. The first-order valence-electron chi connectivity index (χ1n) is 6.40. The number of phenolic OH excluding ortho intramolecular Hbond substituents is 2. The second kappa shape index (κ2) is 5.51. The fourth-order valence-corrected chi connectivity index (χ4v) is 2.35. The lowest BCUT2D eigenvalue weighted by Crippen LogP contribution is -2.19. The average Bonchev–Trinajstić information content (AvgIpc) is 2.50. The van der Waals surface area contributed by atoms with Gasteiger partial charge in [0.15, 0.2) is 11.5 Å². The molecule has 108 valence electrons. The summed E-state index contributed by atoms with van der Waals surface area (Å²) in [5.41, 5.74) is 4.93. The third kappa shape index (κ3) is 2.41. The van der Waals surface area contributed by atoms with E-state index in [-0.39, 0.29) is 17.0 Å². The van der Waals surface area contributed by atoms with E-state index in [2.05, 4.69) is 25.8 Å². The molecule has 0 aliphatic rings. The van der Waals surface area contributed by atoms with Gasteiger partial charge in [-0.2, -0.15) is 0 Å². The first kappa shape index (κ1) is 14.1. The fraction of sp³-hybridized carbons (Fsp3) is 0. The number of nitrogens with zero attached hydrogens (tertiary/aromatic N) is 2. The van der Waals surface area contributed by atoms with Crippen LogP contribution < -0.4 is 5.49 Å². The number of nitrogens with one attached hydrogen (secondary N) is 1. The minimum absolute atomic E-state index is 0.163. The van der Waals surface area contributed by atoms with E-state index >= 15 is 0 Å². The Labute approximate surface area is 128 Å². The van der Waals surface area contributed by atoms with E-state index < -0.39 is 0 Å². The summed E-state index contributed by atoms with van der Waals surface area (Å²) in [5, 5.41) is 27.9. The van der Waals surface area contributed by atoms with Crippen LogP contribution >= 0.6 is 9.24 Å². The largest absolute Gasteiger partial charge is 0.504 e. The van der Waals surface area contributed by atoms with E-state index in [1.54, 1.807) is 4.57 Å². The molecule has 0 radical (unpaired) electrons. The van der Waals surface area contributed by atoms with Crippen LogP contribution in [0.1, 0.15) is 5.56 Å². The summed E-state index contributed by atoms with van der Waals surface area (Å²) in [4.78, 5) is 4.23. The molecule has 0 saturated heterocycles. The van der Waals surface area contributed by atoms with Crippen molar-refractivity contribution in [3.05, 3.63) is 53.8 Å². The van der Waals surface area contributed by atoms with Crippen LogP contribution in [0.15, 0.2) is 42.7 Å². The molecule has 1 aromatic heterocycles. The molecule has 0 fully saturated rings. The van der Waals surface area contributed by atoms with Gasteiger partial charge in [0.2, 0.25) is 0 Å². The second-order valence-corrected chi connectivity index (χ2v) is 4.93. The van der Waals surface area contributed by atoms with Gasteiger partial charge in [0.05, 0.1) is 5.52 Å². The van der Waals surface area contributed by atoms with Crippen molar-refractivity contribution in [2.75, 3.05) is 0 Å². The number of rotatable bonds is 1. The third-order valence-electron chi connectivity index (χ3n) is 3.24. The Morgan fingerprint density at radius 3 is 2.68 bits per heavy atom. The number of hydrogen-bond acceptors (Lipinski definition) is 4. The zero-order chi connectivity index (χ0) is 15.7. The van der Waals surface area contributed by atoms with Crippen LogP contribution in [0, 0.1) is 17.0 Å². The van der Waals surface area contributed by atoms with Crippen molar-refractivity contribution >= 4 is 20.1 Å². The van der Waals surface area contributed by atoms with Gasteiger partial charge in [-0.25, -0.2) is 4.98 Å². The van der Waals surface area contributed by atoms with Crippen molar-refractivity contribution in [3.8, 4) is 28.8 Å². The van der Waals surface area contributed by atoms with Crippen LogP contribution in [0.2, 0.25) is 0 Å². The van der Waals surface area contributed by atoms with Gasteiger partial charge in [0, 0.05) is 22.7 Å². The van der Waals surface area contributed by atoms with Gasteiger partial charge in [-0.15, -0.1) is 0 Å². The maximum atomic E-state index is 9.63. The smallest absolute Gasteiger partial charge is 0.159 e. The summed E-state index contributed by atoms with van der Waals surface area (Å²) in [6, 6.07) is 10.1. The lowest BCUT2D eigenvalue weighted by molar-refractivity contribution is 0.404. The van der Waals surface area contributed by atoms with Crippen LogP contribution in [0.4, 0.5) is 0 Å². The van der Waals surface area contributed by atoms with Gasteiger partial charge in [0.1, 0.15) is 11.8 Å². The minimum Gasteiger partial charge on any atom is -0.504 e. The van der Waals surface area contributed by atoms with Gasteiger partial charge in [0.25, 0.3) is 0 Å². The molecule has 3 aromatic rings. The molecule has 1 heterocycles. The van der Waals surface area contributed by atoms with Crippen molar-refractivity contribution < 1.29 is 10.2 Å². The number of aromatic nitrogens is 2. The summed E-state index contributed by atoms with van der Waals surface area (Å²) < 4.78 is 1.59. The minimum atomic E-state index is -0.275. The quantitative estimate of drug-likeness (QED) is 0.366. The predicted molar refractivity (Wildman–Crippen MR) is 86.8 cm³/mol. The summed E-state index contributed by atoms with van der Waals surface area (Å²) in [6.45, 7) is 0. The normalized spacial score (nSPS) is 10.2. The zero-order valence-corrected chi connectivity index (χ0v) is 12.6. The van der Waals surface area contributed by atoms with E-state index in [0.717, 1.165) is 11.3 Å². The van der Waals surface area contributed by atoms with E-state index in [1.165, 1.54) is 18.5 Å². The lowest BCUT2D eigenvalue weighted by atomic mass is 10.2. The lowest BCUT2D eigenvalue weighted by Gasteiger charge is -2.09. The summed E-state index contributed by atoms with van der Waals surface area (Å²) >= 11 is 0. The average molecular weight is 309 g/mol. The third-order valence-corrected chi connectivity index (χ3v) is 3.39. The van der Waals surface area contributed by atoms with Gasteiger partial charge in [-0.1, -0.05) is 26.9 Å². The molecule has 0 bridgehead atoms. The summed E-state index contributed by atoms with van der Waals surface area (Å²) in [6.07, 6.45) is 1.51. The Kier molecular flexibility index (Phi) is 3.54. The first-order valence-corrected chi connectivity index (χ1v) is 6.98. The molecule has 2 aromatic carbocycles. The van der Waals surface area contributed by atoms with Crippen molar-refractivity contribution in [1.29, 1.82) is 5.41 Å². The van der Waals surface area contributed by atoms with Crippen LogP contribution in [0.3, 0.4) is 0 Å². The SMILES string of the molecule is N=c1c2cc(O)c(O)cc2ncn1-c1cccc(C#CP)c1. The Hall–Kier alpha value is -2.83. The fourth-order valence-electron chi connectivity index (χ4n) is 2.18. The highest BCUT2D eigenvalue weighted by atomic mass is 31.0. The van der Waals surface area contributed by atoms with Gasteiger partial charge < -0.3 is 10.2 Å². The number of phenols is 2. The topological polar surface area (TPSA) is 82.1 Å². The van der Waals surface area contributed by atoms with Gasteiger partial charge >= 0.3 is 0 Å². The van der Waals surface area contributed by atoms with Crippen LogP contribution in [-0.2, 0) is 0 Å². The van der Waals surface area contributed by atoms with Crippen LogP contribution in [0.25, 0.3) is 16.6 Å². The molecule has 22 heavy (non-hydrogen) atoms. The van der Waals surface area contributed by atoms with Gasteiger partial charge in [-0.05, 0) is 24.3 Å². The maximum Gasteiger partial charge on any atom is 0.159 e. The Morgan fingerprint density at radius 2 is 1.91 bits per heavy atom. The predicted octanol–water partition coefficient (Wildman–Crippen LogP) is 2.10. The Morgan fingerprint density at radius 1 is 1.14 bits per heavy atom. The van der Waals surface area contributed by atoms with Gasteiger partial charge in [-0.3, -0.25) is 9.98 Å². The molecule has 0 amide bonds. The molecular weight excluding hydrogens is 297 g/mol. The molecule has 5 nitrogen and oxygen atoms in total. The molecule has 0 spiro atoms. The highest BCUT2D eigenvalue weighted by Gasteiger charge is 2.08. The standard InChI is InChI=1S/C16H12N3O2P/c17-16-12-7-14(20)15(21)8-13(12)18-9-19(16)11-3-1-2-10(6-11)4-5-22/h1-3,6-9,17,20-21H,22H2. The molecule has 3 N–H and O–H groups in total. The molecule has 0 aliphatic heterocycles. The molecule has 3 rings (SSSR count). The number of aromatic hydroxyl groups is 2. The molecule has 0 saturated carbocycles. The molecule has 6 heteroatoms. The van der Waals surface area contributed by atoms with Crippen molar-refractivity contribution in [2.24, 2.45) is 0 Å². The monoisotopic (exact) mass is 309 g/mol. The molecule has 1 unspecified atom stereocenters. The Bertz CT molecular complexity index is 1000. The van der Waals surface area contributed by atoms with Crippen LogP contribution in [0.5, 0.6) is 11.5 Å². The molecular formula is C16H12N3O2P. The van der Waals surface area contributed by atoms with Crippen LogP contribution in [-0.4, -0.2) is 19.8 Å². The highest BCUT2D eigenvalue weighted by Crippen LogP contribution is 2.27. The van der Waals surface area contributed by atoms with E-state index in [9.17, 15) is 10.2 Å². The van der Waals surface area contributed by atoms with E-state index in [4.69, 9.17) is 5.41 Å². The highest BCUT2D eigenvalue weighted by molar-refractivity contribution is 7.23. The van der Waals surface area contributed by atoms with E-state index in [0.29, 0.717) is 10.9 Å². The molecule has 1 atom stereocenters. The van der Waals surface area contributed by atoms with E-state index in [1.807, 2.05) is 24.3 Å². The number of benzene rings is 2. The maximum absolute atomic E-state index is 9.63. The Balaban J connectivity index is 2.25. The van der Waals surface area contributed by atoms with Crippen molar-refractivity contribution in [3.63, 3.8) is 0 Å². The summed E-state index contributed by atoms with van der Waals surface area (Å²) in [5.74, 6) is 2.41. The summed E-state index contributed by atoms with van der Waals surface area (Å²) in [7, 11) is 2.34. The second-order valence-electron chi connectivity index (χ2n) is 4.64. The van der Waals surface area contributed by atoms with Crippen molar-refractivity contribution in [2.45, 2.75) is 0 Å². The number of hydrogen-bond donors (Lipinski definition) is 3. The molecule has 0 aliphatic carbocycles. The first-order chi connectivity index (χ1) is 10.6. The number of fused-ring (bicyclic) bond motifs is 1. The van der Waals surface area contributed by atoms with Crippen molar-refractivity contribution in [1.82, 2.24) is 9.55 Å².